The zero-order chi connectivity index (χ0) is 62.7. The smallest absolute Gasteiger partial charge is 0.407 e. The lowest BCUT2D eigenvalue weighted by Crippen LogP contribution is -2.52. The third kappa shape index (κ3) is 35.4. The second kappa shape index (κ2) is 39.9. The molecule has 8 unspecified atom stereocenters. The standard InChI is InChI=1S/C63H112N6O14/c1-16-23-49(68-52(70)18-3)37-61(13,29-17-2)43-66-57(75)81-34-22-26-48(10)27-28-51(83-59(77)65-31-36-79-55(73)46(7)8)40-62(14)38-50(69-53(71)41-60(11,12)19-4)39-63(15,42-62)44-67-58(76)82-33-21-25-47(9)24-20-32-80-56(74)64-30-35-78-54(72)45(5)6/h47-51H,5,7,16-44H2,1-4,6,8-15H3,(H,64,74)(H,65,77)(H,66,75)(H,67,76)(H,68,70)(H,69,71). The van der Waals surface area contributed by atoms with Gasteiger partial charge in [-0.3, -0.25) is 9.59 Å². The molecule has 0 aliphatic heterocycles. The molecule has 1 aliphatic rings. The first kappa shape index (κ1) is 75.5. The van der Waals surface area contributed by atoms with E-state index in [1.54, 1.807) is 13.8 Å². The lowest BCUT2D eigenvalue weighted by Gasteiger charge is -2.49. The monoisotopic (exact) mass is 1180 g/mol. The van der Waals surface area contributed by atoms with Gasteiger partial charge >= 0.3 is 36.3 Å². The molecule has 0 aromatic carbocycles. The number of carbonyl (C=O) groups excluding carboxylic acids is 8. The minimum Gasteiger partial charge on any atom is -0.460 e. The molecular formula is C63H112N6O14. The van der Waals surface area contributed by atoms with Gasteiger partial charge in [-0.15, -0.1) is 0 Å². The Morgan fingerprint density at radius 2 is 1.11 bits per heavy atom. The van der Waals surface area contributed by atoms with Gasteiger partial charge in [-0.2, -0.15) is 0 Å². The van der Waals surface area contributed by atoms with Gasteiger partial charge in [0.1, 0.15) is 19.3 Å². The van der Waals surface area contributed by atoms with Crippen molar-refractivity contribution in [2.24, 2.45) is 33.5 Å². The molecule has 0 bridgehead atoms. The van der Waals surface area contributed by atoms with Crippen LogP contribution in [0.15, 0.2) is 24.3 Å². The van der Waals surface area contributed by atoms with Gasteiger partial charge in [0.25, 0.3) is 0 Å². The molecule has 1 fully saturated rings. The van der Waals surface area contributed by atoms with Gasteiger partial charge in [0, 0.05) is 49.2 Å². The minimum absolute atomic E-state index is 0.0203. The highest BCUT2D eigenvalue weighted by atomic mass is 16.6. The lowest BCUT2D eigenvalue weighted by atomic mass is 9.60. The molecule has 0 aromatic rings. The van der Waals surface area contributed by atoms with Gasteiger partial charge in [0.15, 0.2) is 0 Å². The highest BCUT2D eigenvalue weighted by Crippen LogP contribution is 2.49. The summed E-state index contributed by atoms with van der Waals surface area (Å²) in [6.45, 7) is 34.7. The van der Waals surface area contributed by atoms with Crippen molar-refractivity contribution in [3.05, 3.63) is 24.3 Å². The van der Waals surface area contributed by atoms with Crippen LogP contribution >= 0.6 is 0 Å². The van der Waals surface area contributed by atoms with Crippen molar-refractivity contribution >= 4 is 48.1 Å². The van der Waals surface area contributed by atoms with Gasteiger partial charge in [0.2, 0.25) is 11.8 Å². The van der Waals surface area contributed by atoms with E-state index in [1.807, 2.05) is 6.92 Å². The third-order valence-electron chi connectivity index (χ3n) is 15.6. The van der Waals surface area contributed by atoms with Crippen LogP contribution in [0.2, 0.25) is 0 Å². The predicted molar refractivity (Wildman–Crippen MR) is 323 cm³/mol. The highest BCUT2D eigenvalue weighted by Gasteiger charge is 2.46. The topological polar surface area (TPSA) is 264 Å². The first-order valence-electron chi connectivity index (χ1n) is 30.9. The summed E-state index contributed by atoms with van der Waals surface area (Å²) in [6.07, 6.45) is 11.2. The van der Waals surface area contributed by atoms with Gasteiger partial charge in [-0.1, -0.05) is 109 Å². The van der Waals surface area contributed by atoms with Crippen LogP contribution in [0.4, 0.5) is 19.2 Å². The van der Waals surface area contributed by atoms with E-state index >= 15 is 0 Å². The molecule has 478 valence electrons. The normalized spacial score (nSPS) is 18.9. The van der Waals surface area contributed by atoms with E-state index in [2.05, 4.69) is 114 Å². The second-order valence-corrected chi connectivity index (χ2v) is 25.6. The summed E-state index contributed by atoms with van der Waals surface area (Å²) in [4.78, 5) is 101. The first-order valence-corrected chi connectivity index (χ1v) is 30.9. The van der Waals surface area contributed by atoms with Crippen molar-refractivity contribution in [2.75, 3.05) is 59.2 Å². The Kier molecular flexibility index (Phi) is 36.3. The summed E-state index contributed by atoms with van der Waals surface area (Å²) in [7, 11) is 0. The van der Waals surface area contributed by atoms with Crippen molar-refractivity contribution in [3.8, 4) is 0 Å². The molecule has 0 heterocycles. The van der Waals surface area contributed by atoms with E-state index < -0.39 is 53.2 Å². The van der Waals surface area contributed by atoms with Gasteiger partial charge in [0.05, 0.1) is 32.9 Å². The second-order valence-electron chi connectivity index (χ2n) is 25.6. The van der Waals surface area contributed by atoms with Crippen molar-refractivity contribution in [1.29, 1.82) is 0 Å². The van der Waals surface area contributed by atoms with Gasteiger partial charge in [-0.05, 0) is 144 Å². The maximum absolute atomic E-state index is 13.6. The molecule has 0 radical (unpaired) electrons. The van der Waals surface area contributed by atoms with Crippen LogP contribution in [0.5, 0.6) is 0 Å². The maximum Gasteiger partial charge on any atom is 0.407 e. The summed E-state index contributed by atoms with van der Waals surface area (Å²) in [5.41, 5.74) is -0.810. The lowest BCUT2D eigenvalue weighted by molar-refractivity contribution is -0.139. The summed E-state index contributed by atoms with van der Waals surface area (Å²) in [5, 5.41) is 17.8. The van der Waals surface area contributed by atoms with Crippen LogP contribution in [-0.4, -0.2) is 126 Å². The zero-order valence-electron chi connectivity index (χ0n) is 53.5. The quantitative estimate of drug-likeness (QED) is 0.0144. The van der Waals surface area contributed by atoms with Gasteiger partial charge < -0.3 is 60.3 Å². The molecule has 20 heteroatoms. The Morgan fingerprint density at radius 3 is 1.61 bits per heavy atom. The number of amides is 6. The molecule has 0 spiro atoms. The van der Waals surface area contributed by atoms with Crippen molar-refractivity contribution in [1.82, 2.24) is 31.9 Å². The molecule has 20 nitrogen and oxygen atoms in total. The molecule has 1 saturated carbocycles. The van der Waals surface area contributed by atoms with E-state index in [1.165, 1.54) is 0 Å². The fourth-order valence-electron chi connectivity index (χ4n) is 11.1. The van der Waals surface area contributed by atoms with Gasteiger partial charge in [-0.25, -0.2) is 28.8 Å². The molecule has 8 atom stereocenters. The summed E-state index contributed by atoms with van der Waals surface area (Å²) >= 11 is 0. The SMILES string of the molecule is C=C(C)C(=O)OCCNC(=O)OCCCC(C)CCCOC(=O)NCC1(C)CC(NC(=O)CC(C)(C)CC)CC(C)(CC(CCC(C)CCCOC(=O)NCC(C)(CCC)CC(CCC)NC(=O)CC)OC(=O)NCCOC(=O)C(=C)C)C1. The Balaban J connectivity index is 3.04. The van der Waals surface area contributed by atoms with Crippen molar-refractivity contribution < 1.29 is 66.8 Å². The largest absolute Gasteiger partial charge is 0.460 e. The number of carbonyl (C=O) groups is 8. The molecule has 83 heavy (non-hydrogen) atoms. The number of alkyl carbamates (subject to hydrolysis) is 4. The number of esters is 2. The average molecular weight is 1180 g/mol. The molecule has 0 saturated heterocycles. The van der Waals surface area contributed by atoms with Crippen molar-refractivity contribution in [3.63, 3.8) is 0 Å². The Morgan fingerprint density at radius 1 is 0.602 bits per heavy atom. The Labute approximate surface area is 498 Å². The fraction of sp³-hybridized carbons (Fsp3) is 0.810. The molecule has 6 amide bonds. The Bertz CT molecular complexity index is 2040. The van der Waals surface area contributed by atoms with Crippen LogP contribution in [0.3, 0.4) is 0 Å². The number of ether oxygens (including phenoxy) is 6. The number of rotatable bonds is 42. The molecule has 1 aliphatic carbocycles. The Hall–Kier alpha value is -5.56. The molecular weight excluding hydrogens is 1060 g/mol. The summed E-state index contributed by atoms with van der Waals surface area (Å²) in [5.74, 6) is -0.595. The average Bonchev–Trinajstić information content (AvgIpc) is 3.45. The molecule has 0 aromatic heterocycles. The predicted octanol–water partition coefficient (Wildman–Crippen LogP) is 11.7. The highest BCUT2D eigenvalue weighted by molar-refractivity contribution is 5.87. The third-order valence-corrected chi connectivity index (χ3v) is 15.6. The van der Waals surface area contributed by atoms with Crippen LogP contribution < -0.4 is 31.9 Å². The molecule has 6 N–H and O–H groups in total. The summed E-state index contributed by atoms with van der Waals surface area (Å²) in [6, 6.07) is -0.189. The molecule has 1 rings (SSSR count). The maximum atomic E-state index is 13.6. The number of nitrogens with one attached hydrogen (secondary N) is 6. The van der Waals surface area contributed by atoms with Crippen LogP contribution in [-0.2, 0) is 47.6 Å². The summed E-state index contributed by atoms with van der Waals surface area (Å²) < 4.78 is 32.8. The van der Waals surface area contributed by atoms with E-state index in [4.69, 9.17) is 28.4 Å². The van der Waals surface area contributed by atoms with Crippen LogP contribution in [0, 0.1) is 33.5 Å². The zero-order valence-corrected chi connectivity index (χ0v) is 53.5. The van der Waals surface area contributed by atoms with E-state index in [0.717, 1.165) is 57.8 Å². The van der Waals surface area contributed by atoms with E-state index in [9.17, 15) is 38.4 Å². The van der Waals surface area contributed by atoms with Crippen LogP contribution in [0.25, 0.3) is 0 Å². The number of hydrogen-bond donors (Lipinski definition) is 6. The first-order chi connectivity index (χ1) is 39.0. The minimum atomic E-state index is -0.644. The van der Waals surface area contributed by atoms with E-state index in [-0.39, 0.29) is 97.9 Å². The van der Waals surface area contributed by atoms with Crippen LogP contribution in [0.1, 0.15) is 218 Å². The van der Waals surface area contributed by atoms with Crippen molar-refractivity contribution in [2.45, 2.75) is 237 Å². The van der Waals surface area contributed by atoms with E-state index in [0.29, 0.717) is 89.6 Å². The number of hydrogen-bond acceptors (Lipinski definition) is 14. The fourth-order valence-corrected chi connectivity index (χ4v) is 11.1.